The van der Waals surface area contributed by atoms with Gasteiger partial charge in [0.15, 0.2) is 0 Å². The van der Waals surface area contributed by atoms with E-state index in [-0.39, 0.29) is 5.91 Å². The number of likely N-dealkylation sites (tertiary alicyclic amines) is 1. The van der Waals surface area contributed by atoms with Crippen molar-refractivity contribution in [2.45, 2.75) is 26.2 Å². The molecule has 0 unspecified atom stereocenters. The van der Waals surface area contributed by atoms with Crippen molar-refractivity contribution in [3.8, 4) is 22.5 Å². The fourth-order valence-electron chi connectivity index (χ4n) is 4.35. The molecule has 3 aromatic heterocycles. The summed E-state index contributed by atoms with van der Waals surface area (Å²) in [6.45, 7) is 3.87. The summed E-state index contributed by atoms with van der Waals surface area (Å²) in [5, 5.41) is 1.02. The zero-order valence-corrected chi connectivity index (χ0v) is 17.7. The van der Waals surface area contributed by atoms with Gasteiger partial charge in [0.2, 0.25) is 0 Å². The maximum atomic E-state index is 13.0. The Kier molecular flexibility index (Phi) is 5.24. The molecule has 1 aromatic carbocycles. The third-order valence-electron chi connectivity index (χ3n) is 6.30. The van der Waals surface area contributed by atoms with Gasteiger partial charge in [0.1, 0.15) is 11.3 Å². The van der Waals surface area contributed by atoms with E-state index in [1.807, 2.05) is 47.5 Å². The van der Waals surface area contributed by atoms with Crippen LogP contribution in [0.5, 0.6) is 0 Å². The zero-order chi connectivity index (χ0) is 21.2. The first-order valence-electron chi connectivity index (χ1n) is 11.0. The number of aromatic amines is 1. The molecule has 5 heteroatoms. The van der Waals surface area contributed by atoms with Crippen molar-refractivity contribution in [1.82, 2.24) is 19.9 Å². The monoisotopic (exact) mass is 410 g/mol. The largest absolute Gasteiger partial charge is 0.339 e. The van der Waals surface area contributed by atoms with Crippen LogP contribution < -0.4 is 0 Å². The summed E-state index contributed by atoms with van der Waals surface area (Å²) < 4.78 is 0. The van der Waals surface area contributed by atoms with Crippen molar-refractivity contribution >= 4 is 16.9 Å². The minimum atomic E-state index is 0.0263. The van der Waals surface area contributed by atoms with Gasteiger partial charge in [-0.05, 0) is 48.6 Å². The molecule has 1 saturated heterocycles. The molecule has 1 amide bonds. The van der Waals surface area contributed by atoms with Gasteiger partial charge in [-0.2, -0.15) is 0 Å². The quantitative estimate of drug-likeness (QED) is 0.479. The van der Waals surface area contributed by atoms with Crippen LogP contribution in [0, 0.1) is 5.92 Å². The third kappa shape index (κ3) is 3.96. The Morgan fingerprint density at radius 1 is 1.03 bits per heavy atom. The lowest BCUT2D eigenvalue weighted by Gasteiger charge is -2.31. The highest BCUT2D eigenvalue weighted by molar-refractivity contribution is 5.93. The van der Waals surface area contributed by atoms with E-state index in [0.717, 1.165) is 65.4 Å². The lowest BCUT2D eigenvalue weighted by atomic mass is 9.94. The van der Waals surface area contributed by atoms with E-state index in [2.05, 4.69) is 46.1 Å². The Bertz CT molecular complexity index is 1210. The highest BCUT2D eigenvalue weighted by atomic mass is 16.2. The summed E-state index contributed by atoms with van der Waals surface area (Å²) in [5.74, 6) is 0.765. The Balaban J connectivity index is 1.41. The molecule has 0 spiro atoms. The third-order valence-corrected chi connectivity index (χ3v) is 6.30. The molecule has 0 saturated carbocycles. The maximum Gasteiger partial charge on any atom is 0.272 e. The van der Waals surface area contributed by atoms with Gasteiger partial charge in [-0.3, -0.25) is 4.79 Å². The molecule has 0 aliphatic carbocycles. The van der Waals surface area contributed by atoms with E-state index in [1.54, 1.807) is 0 Å². The van der Waals surface area contributed by atoms with Crippen LogP contribution in [0.1, 0.15) is 36.7 Å². The van der Waals surface area contributed by atoms with Crippen LogP contribution in [0.4, 0.5) is 0 Å². The van der Waals surface area contributed by atoms with Crippen molar-refractivity contribution in [2.75, 3.05) is 13.1 Å². The minimum absolute atomic E-state index is 0.0263. The van der Waals surface area contributed by atoms with Gasteiger partial charge >= 0.3 is 0 Å². The van der Waals surface area contributed by atoms with Gasteiger partial charge in [-0.1, -0.05) is 49.7 Å². The van der Waals surface area contributed by atoms with E-state index in [4.69, 9.17) is 0 Å². The number of carbonyl (C=O) groups excluding carboxylic acids is 1. The number of piperidine rings is 1. The summed E-state index contributed by atoms with van der Waals surface area (Å²) >= 11 is 0. The first-order chi connectivity index (χ1) is 15.2. The number of benzene rings is 1. The van der Waals surface area contributed by atoms with Crippen LogP contribution in [0.15, 0.2) is 66.9 Å². The van der Waals surface area contributed by atoms with Gasteiger partial charge in [-0.25, -0.2) is 9.97 Å². The van der Waals surface area contributed by atoms with Crippen LogP contribution in [-0.2, 0) is 0 Å². The van der Waals surface area contributed by atoms with E-state index in [0.29, 0.717) is 5.69 Å². The molecule has 31 heavy (non-hydrogen) atoms. The predicted octanol–water partition coefficient (Wildman–Crippen LogP) is 5.55. The topological polar surface area (TPSA) is 61.9 Å². The molecule has 1 aliphatic rings. The van der Waals surface area contributed by atoms with Crippen molar-refractivity contribution in [3.05, 3.63) is 72.6 Å². The Labute approximate surface area is 182 Å². The molecule has 156 valence electrons. The van der Waals surface area contributed by atoms with Crippen LogP contribution in [-0.4, -0.2) is 38.8 Å². The molecule has 5 nitrogen and oxygen atoms in total. The Morgan fingerprint density at radius 3 is 2.61 bits per heavy atom. The van der Waals surface area contributed by atoms with Crippen LogP contribution in [0.2, 0.25) is 0 Å². The van der Waals surface area contributed by atoms with Crippen molar-refractivity contribution in [3.63, 3.8) is 0 Å². The lowest BCUT2D eigenvalue weighted by molar-refractivity contribution is 0.0683. The molecule has 5 rings (SSSR count). The molecule has 1 N–H and O–H groups in total. The minimum Gasteiger partial charge on any atom is -0.339 e. The van der Waals surface area contributed by atoms with Crippen LogP contribution in [0.25, 0.3) is 33.5 Å². The number of carbonyl (C=O) groups is 1. The Hall–Kier alpha value is -3.47. The Morgan fingerprint density at radius 2 is 1.84 bits per heavy atom. The van der Waals surface area contributed by atoms with Gasteiger partial charge in [0.05, 0.1) is 5.69 Å². The normalized spacial score (nSPS) is 14.8. The van der Waals surface area contributed by atoms with E-state index in [1.165, 1.54) is 6.42 Å². The van der Waals surface area contributed by atoms with Crippen molar-refractivity contribution in [2.24, 2.45) is 5.92 Å². The van der Waals surface area contributed by atoms with Gasteiger partial charge < -0.3 is 9.88 Å². The van der Waals surface area contributed by atoms with E-state index in [9.17, 15) is 4.79 Å². The molecule has 1 fully saturated rings. The SMILES string of the molecule is CCC1CCN(C(=O)c2cccc(-c3cnc4[nH]c(-c5ccccc5)cc4c3)n2)CC1. The number of nitrogens with one attached hydrogen (secondary N) is 1. The molecule has 0 atom stereocenters. The van der Waals surface area contributed by atoms with E-state index >= 15 is 0 Å². The first-order valence-corrected chi connectivity index (χ1v) is 11.0. The summed E-state index contributed by atoms with van der Waals surface area (Å²) in [4.78, 5) is 27.6. The van der Waals surface area contributed by atoms with Gasteiger partial charge in [-0.15, -0.1) is 0 Å². The standard InChI is InChI=1S/C26H26N4O/c1-2-18-11-13-30(14-12-18)26(31)23-10-6-9-22(28-23)21-15-20-16-24(29-25(20)27-17-21)19-7-4-3-5-8-19/h3-10,15-18H,2,11-14H2,1H3,(H,27,29). The second-order valence-electron chi connectivity index (χ2n) is 8.26. The number of aromatic nitrogens is 3. The summed E-state index contributed by atoms with van der Waals surface area (Å²) in [5.41, 5.74) is 5.18. The highest BCUT2D eigenvalue weighted by Crippen LogP contribution is 2.27. The summed E-state index contributed by atoms with van der Waals surface area (Å²) in [6, 6.07) is 20.0. The van der Waals surface area contributed by atoms with Crippen LogP contribution in [0.3, 0.4) is 0 Å². The summed E-state index contributed by atoms with van der Waals surface area (Å²) in [6.07, 6.45) is 5.17. The lowest BCUT2D eigenvalue weighted by Crippen LogP contribution is -2.38. The molecule has 0 radical (unpaired) electrons. The molecule has 4 heterocycles. The second-order valence-corrected chi connectivity index (χ2v) is 8.26. The van der Waals surface area contributed by atoms with Gasteiger partial charge in [0.25, 0.3) is 5.91 Å². The second kappa shape index (κ2) is 8.34. The number of amides is 1. The number of H-pyrrole nitrogens is 1. The fourth-order valence-corrected chi connectivity index (χ4v) is 4.35. The zero-order valence-electron chi connectivity index (χ0n) is 17.7. The highest BCUT2D eigenvalue weighted by Gasteiger charge is 2.23. The fraction of sp³-hybridized carbons (Fsp3) is 0.269. The van der Waals surface area contributed by atoms with Crippen molar-refractivity contribution < 1.29 is 4.79 Å². The van der Waals surface area contributed by atoms with Gasteiger partial charge in [0, 0.05) is 35.9 Å². The number of rotatable bonds is 4. The van der Waals surface area contributed by atoms with E-state index < -0.39 is 0 Å². The number of pyridine rings is 2. The predicted molar refractivity (Wildman–Crippen MR) is 124 cm³/mol. The molecule has 0 bridgehead atoms. The smallest absolute Gasteiger partial charge is 0.272 e. The molecule has 1 aliphatic heterocycles. The van der Waals surface area contributed by atoms with Crippen molar-refractivity contribution in [1.29, 1.82) is 0 Å². The number of hydrogen-bond acceptors (Lipinski definition) is 3. The average molecular weight is 411 g/mol. The number of nitrogens with zero attached hydrogens (tertiary/aromatic N) is 3. The molecular weight excluding hydrogens is 384 g/mol. The average Bonchev–Trinajstić information content (AvgIpc) is 3.28. The number of hydrogen-bond donors (Lipinski definition) is 1. The summed E-state index contributed by atoms with van der Waals surface area (Å²) in [7, 11) is 0. The number of fused-ring (bicyclic) bond motifs is 1. The molecular formula is C26H26N4O. The molecule has 4 aromatic rings. The maximum absolute atomic E-state index is 13.0. The van der Waals surface area contributed by atoms with Crippen LogP contribution >= 0.6 is 0 Å². The first kappa shape index (κ1) is 19.5.